The Morgan fingerprint density at radius 1 is 1.31 bits per heavy atom. The Morgan fingerprint density at radius 2 is 2.00 bits per heavy atom. The lowest BCUT2D eigenvalue weighted by atomic mass is 10.2. The van der Waals surface area contributed by atoms with Crippen molar-refractivity contribution in [1.82, 2.24) is 4.98 Å². The van der Waals surface area contributed by atoms with Gasteiger partial charge in [0.2, 0.25) is 0 Å². The number of aromatic nitrogens is 2. The summed E-state index contributed by atoms with van der Waals surface area (Å²) >= 11 is 0. The summed E-state index contributed by atoms with van der Waals surface area (Å²) in [7, 11) is 1.76. The quantitative estimate of drug-likeness (QED) is 0.587. The first-order valence-corrected chi connectivity index (χ1v) is 4.18. The predicted molar refractivity (Wildman–Crippen MR) is 50.5 cm³/mol. The van der Waals surface area contributed by atoms with E-state index < -0.39 is 0 Å². The maximum atomic E-state index is 11.4. The number of hydrogen-bond acceptors (Lipinski definition) is 1. The van der Waals surface area contributed by atoms with Crippen LogP contribution in [0.5, 0.6) is 0 Å². The molecule has 0 spiro atoms. The molecule has 0 aliphatic heterocycles. The van der Waals surface area contributed by atoms with Crippen molar-refractivity contribution in [2.24, 2.45) is 7.05 Å². The summed E-state index contributed by atoms with van der Waals surface area (Å²) in [5.74, 6) is 0. The number of aromatic amines is 1. The van der Waals surface area contributed by atoms with E-state index in [1.807, 2.05) is 31.2 Å². The van der Waals surface area contributed by atoms with Gasteiger partial charge in [-0.3, -0.25) is 0 Å². The summed E-state index contributed by atoms with van der Waals surface area (Å²) in [5.41, 5.74) is 1.80. The second-order valence-corrected chi connectivity index (χ2v) is 3.12. The van der Waals surface area contributed by atoms with Gasteiger partial charge in [-0.25, -0.2) is 4.98 Å². The molecule has 1 aromatic carbocycles. The lowest BCUT2D eigenvalue weighted by molar-refractivity contribution is -0.693. The molecule has 13 heavy (non-hydrogen) atoms. The van der Waals surface area contributed by atoms with Gasteiger partial charge >= 0.3 is 5.69 Å². The van der Waals surface area contributed by atoms with E-state index in [-0.39, 0.29) is 5.69 Å². The van der Waals surface area contributed by atoms with Crippen LogP contribution in [0.2, 0.25) is 0 Å². The molecule has 1 aromatic heterocycles. The number of nitrogens with one attached hydrogen (secondary N) is 1. The normalized spacial score (nSPS) is 10.6. The Labute approximate surface area is 75.7 Å². The fraction of sp³-hybridized carbons (Fsp3) is 0.200. The van der Waals surface area contributed by atoms with Crippen molar-refractivity contribution >= 4 is 10.9 Å². The van der Waals surface area contributed by atoms with Crippen LogP contribution in [0, 0.1) is 6.92 Å². The molecule has 1 heterocycles. The van der Waals surface area contributed by atoms with Crippen molar-refractivity contribution in [3.8, 4) is 0 Å². The van der Waals surface area contributed by atoms with Gasteiger partial charge in [-0.05, 0) is 19.1 Å². The van der Waals surface area contributed by atoms with E-state index in [1.165, 1.54) is 0 Å². The van der Waals surface area contributed by atoms with Crippen LogP contribution in [-0.4, -0.2) is 4.98 Å². The van der Waals surface area contributed by atoms with Gasteiger partial charge in [0.25, 0.3) is 0 Å². The van der Waals surface area contributed by atoms with E-state index in [0.717, 1.165) is 16.6 Å². The van der Waals surface area contributed by atoms with Crippen molar-refractivity contribution in [2.75, 3.05) is 0 Å². The van der Waals surface area contributed by atoms with Gasteiger partial charge in [0, 0.05) is 0 Å². The maximum absolute atomic E-state index is 11.4. The van der Waals surface area contributed by atoms with Crippen LogP contribution in [0.25, 0.3) is 10.9 Å². The Kier molecular flexibility index (Phi) is 1.65. The zero-order valence-electron chi connectivity index (χ0n) is 7.66. The van der Waals surface area contributed by atoms with Gasteiger partial charge in [-0.1, -0.05) is 12.1 Å². The molecule has 0 aliphatic carbocycles. The zero-order chi connectivity index (χ0) is 9.42. The van der Waals surface area contributed by atoms with Crippen LogP contribution in [-0.2, 0) is 7.05 Å². The Balaban J connectivity index is 3.02. The van der Waals surface area contributed by atoms with Gasteiger partial charge in [0.15, 0.2) is 0 Å². The van der Waals surface area contributed by atoms with Crippen LogP contribution < -0.4 is 10.3 Å². The molecule has 2 aromatic rings. The molecule has 0 atom stereocenters. The summed E-state index contributed by atoms with van der Waals surface area (Å²) < 4.78 is 1.61. The standard InChI is InChI=1S/C10H10N2O/c1-7-8-5-3-4-6-9(8)11-10(13)12(7)2/h3-6H,1-2H3/p+1. The molecule has 2 rings (SSSR count). The zero-order valence-corrected chi connectivity index (χ0v) is 7.66. The first-order chi connectivity index (χ1) is 6.20. The van der Waals surface area contributed by atoms with Gasteiger partial charge in [-0.2, -0.15) is 9.36 Å². The Hall–Kier alpha value is -1.64. The largest absolute Gasteiger partial charge is 0.496 e. The van der Waals surface area contributed by atoms with Crippen LogP contribution in [0.15, 0.2) is 29.1 Å². The third kappa shape index (κ3) is 1.13. The van der Waals surface area contributed by atoms with Gasteiger partial charge in [-0.15, -0.1) is 0 Å². The summed E-state index contributed by atoms with van der Waals surface area (Å²) in [6, 6.07) is 7.79. The van der Waals surface area contributed by atoms with E-state index in [4.69, 9.17) is 0 Å². The molecular weight excluding hydrogens is 164 g/mol. The number of hydrogen-bond donors (Lipinski definition) is 1. The van der Waals surface area contributed by atoms with E-state index in [0.29, 0.717) is 0 Å². The molecule has 0 fully saturated rings. The van der Waals surface area contributed by atoms with Crippen molar-refractivity contribution in [3.05, 3.63) is 40.4 Å². The van der Waals surface area contributed by atoms with Crippen molar-refractivity contribution in [3.63, 3.8) is 0 Å². The molecule has 0 saturated heterocycles. The highest BCUT2D eigenvalue weighted by molar-refractivity contribution is 5.79. The Morgan fingerprint density at radius 3 is 2.77 bits per heavy atom. The molecule has 0 amide bonds. The van der Waals surface area contributed by atoms with E-state index >= 15 is 0 Å². The molecule has 0 bridgehead atoms. The smallest absolute Gasteiger partial charge is 0.203 e. The number of H-pyrrole nitrogens is 1. The summed E-state index contributed by atoms with van der Waals surface area (Å²) in [6.45, 7) is 1.94. The fourth-order valence-electron chi connectivity index (χ4n) is 1.44. The SMILES string of the molecule is Cc1c2ccccc2[nH]c(=O)[n+]1C. The highest BCUT2D eigenvalue weighted by atomic mass is 16.1. The van der Waals surface area contributed by atoms with Crippen LogP contribution >= 0.6 is 0 Å². The van der Waals surface area contributed by atoms with Crippen LogP contribution in [0.1, 0.15) is 5.69 Å². The molecule has 0 aliphatic rings. The number of aryl methyl sites for hydroxylation is 1. The summed E-state index contributed by atoms with van der Waals surface area (Å²) in [6.07, 6.45) is 0. The second kappa shape index (κ2) is 2.69. The van der Waals surface area contributed by atoms with Crippen molar-refractivity contribution in [2.45, 2.75) is 6.92 Å². The maximum Gasteiger partial charge on any atom is 0.496 e. The van der Waals surface area contributed by atoms with Gasteiger partial charge in [0.05, 0.1) is 12.4 Å². The van der Waals surface area contributed by atoms with Crippen LogP contribution in [0.3, 0.4) is 0 Å². The molecule has 66 valence electrons. The average Bonchev–Trinajstić information content (AvgIpc) is 2.15. The minimum Gasteiger partial charge on any atom is -0.203 e. The lowest BCUT2D eigenvalue weighted by Gasteiger charge is -1.98. The fourth-order valence-corrected chi connectivity index (χ4v) is 1.44. The Bertz CT molecular complexity index is 514. The highest BCUT2D eigenvalue weighted by Crippen LogP contribution is 2.09. The molecule has 3 nitrogen and oxygen atoms in total. The average molecular weight is 175 g/mol. The van der Waals surface area contributed by atoms with E-state index in [1.54, 1.807) is 11.6 Å². The first kappa shape index (κ1) is 7.98. The van der Waals surface area contributed by atoms with E-state index in [9.17, 15) is 4.79 Å². The minimum atomic E-state index is -0.0730. The van der Waals surface area contributed by atoms with Crippen molar-refractivity contribution < 1.29 is 4.57 Å². The second-order valence-electron chi connectivity index (χ2n) is 3.12. The number of rotatable bonds is 0. The number of nitrogens with zero attached hydrogens (tertiary/aromatic N) is 1. The molecule has 1 N–H and O–H groups in total. The monoisotopic (exact) mass is 175 g/mol. The number of para-hydroxylation sites is 1. The minimum absolute atomic E-state index is 0.0730. The van der Waals surface area contributed by atoms with Crippen molar-refractivity contribution in [1.29, 1.82) is 0 Å². The third-order valence-corrected chi connectivity index (χ3v) is 2.37. The molecule has 0 radical (unpaired) electrons. The topological polar surface area (TPSA) is 36.7 Å². The molecule has 3 heteroatoms. The number of fused-ring (bicyclic) bond motifs is 1. The van der Waals surface area contributed by atoms with Gasteiger partial charge in [0.1, 0.15) is 11.2 Å². The molecule has 0 saturated carbocycles. The summed E-state index contributed by atoms with van der Waals surface area (Å²) in [5, 5.41) is 1.09. The lowest BCUT2D eigenvalue weighted by Crippen LogP contribution is -2.50. The molecule has 0 unspecified atom stereocenters. The summed E-state index contributed by atoms with van der Waals surface area (Å²) in [4.78, 5) is 14.2. The first-order valence-electron chi connectivity index (χ1n) is 4.18. The predicted octanol–water partition coefficient (Wildman–Crippen LogP) is 0.661. The van der Waals surface area contributed by atoms with E-state index in [2.05, 4.69) is 4.98 Å². The molecular formula is C10H11N2O+. The highest BCUT2D eigenvalue weighted by Gasteiger charge is 2.08. The third-order valence-electron chi connectivity index (χ3n) is 2.37. The van der Waals surface area contributed by atoms with Gasteiger partial charge < -0.3 is 0 Å². The number of benzene rings is 1. The van der Waals surface area contributed by atoms with Crippen LogP contribution in [0.4, 0.5) is 0 Å².